The average molecular weight is 683 g/mol. The van der Waals surface area contributed by atoms with E-state index in [1.165, 1.54) is 128 Å². The minimum Gasteiger partial charge on any atom is -0.394 e. The molecule has 0 aliphatic carbocycles. The van der Waals surface area contributed by atoms with E-state index in [4.69, 9.17) is 45.6 Å². The molecule has 47 heavy (non-hydrogen) atoms. The third-order valence-electron chi connectivity index (χ3n) is 6.90. The van der Waals surface area contributed by atoms with Crippen molar-refractivity contribution in [3.05, 3.63) is 25.3 Å². The average Bonchev–Trinajstić information content (AvgIpc) is 3.08. The van der Waals surface area contributed by atoms with Crippen molar-refractivity contribution in [3.63, 3.8) is 0 Å². The van der Waals surface area contributed by atoms with Crippen LogP contribution in [0.5, 0.6) is 0 Å². The molecule has 9 heteroatoms. The highest BCUT2D eigenvalue weighted by Gasteiger charge is 2.29. The van der Waals surface area contributed by atoms with Gasteiger partial charge in [-0.1, -0.05) is 142 Å². The number of ether oxygens (including phenoxy) is 1. The Kier molecular flexibility index (Phi) is 64.5. The maximum atomic E-state index is 8.96. The van der Waals surface area contributed by atoms with Gasteiger partial charge in [-0.2, -0.15) is 0 Å². The molecule has 0 amide bonds. The van der Waals surface area contributed by atoms with Crippen molar-refractivity contribution < 1.29 is 45.6 Å². The van der Waals surface area contributed by atoms with Gasteiger partial charge in [0.25, 0.3) is 0 Å². The third-order valence-corrected chi connectivity index (χ3v) is 6.90. The van der Waals surface area contributed by atoms with Gasteiger partial charge in [-0.25, -0.2) is 0 Å². The van der Waals surface area contributed by atoms with Crippen LogP contribution in [0, 0.1) is 0 Å². The molecule has 0 aromatic heterocycles. The molecular weight excluding hydrogens is 600 g/mol. The lowest BCUT2D eigenvalue weighted by Crippen LogP contribution is -2.46. The number of aliphatic hydroxyl groups excluding tert-OH is 8. The largest absolute Gasteiger partial charge is 0.394 e. The van der Waals surface area contributed by atoms with Crippen LogP contribution in [0.2, 0.25) is 0 Å². The van der Waals surface area contributed by atoms with E-state index in [2.05, 4.69) is 27.0 Å². The van der Waals surface area contributed by atoms with E-state index in [9.17, 15) is 0 Å². The zero-order chi connectivity index (χ0) is 36.8. The fourth-order valence-corrected chi connectivity index (χ4v) is 4.16. The van der Waals surface area contributed by atoms with Gasteiger partial charge in [-0.15, -0.1) is 13.2 Å². The van der Waals surface area contributed by atoms with Crippen LogP contribution >= 0.6 is 0 Å². The summed E-state index contributed by atoms with van der Waals surface area (Å²) in [4.78, 5) is 0. The monoisotopic (exact) mass is 683 g/mol. The summed E-state index contributed by atoms with van der Waals surface area (Å²) in [6.07, 6.45) is 25.3. The molecule has 8 N–H and O–H groups in total. The second-order valence-electron chi connectivity index (χ2n) is 11.7. The van der Waals surface area contributed by atoms with Gasteiger partial charge in [0.1, 0.15) is 24.4 Å². The first kappa shape index (κ1) is 55.5. The molecule has 0 unspecified atom stereocenters. The lowest BCUT2D eigenvalue weighted by Gasteiger charge is -2.24. The number of allylic oxidation sites excluding steroid dienone is 2. The molecule has 4 atom stereocenters. The highest BCUT2D eigenvalue weighted by molar-refractivity contribution is 4.79. The van der Waals surface area contributed by atoms with Crippen LogP contribution in [-0.4, -0.2) is 105 Å². The number of hydrogen-bond donors (Lipinski definition) is 8. The van der Waals surface area contributed by atoms with E-state index in [0.717, 1.165) is 13.2 Å². The Labute approximate surface area is 290 Å². The van der Waals surface area contributed by atoms with E-state index in [1.54, 1.807) is 12.2 Å². The second kappa shape index (κ2) is 54.6. The Bertz CT molecular complexity index is 479. The van der Waals surface area contributed by atoms with Crippen LogP contribution in [0.4, 0.5) is 0 Å². The molecule has 0 fully saturated rings. The summed E-state index contributed by atoms with van der Waals surface area (Å²) in [5.74, 6) is 0. The second-order valence-corrected chi connectivity index (χ2v) is 11.7. The van der Waals surface area contributed by atoms with Gasteiger partial charge in [0.05, 0.1) is 26.4 Å². The summed E-state index contributed by atoms with van der Waals surface area (Å²) < 4.78 is 5.78. The van der Waals surface area contributed by atoms with E-state index < -0.39 is 37.6 Å². The van der Waals surface area contributed by atoms with Gasteiger partial charge >= 0.3 is 0 Å². The van der Waals surface area contributed by atoms with Gasteiger partial charge in [-0.3, -0.25) is 0 Å². The summed E-state index contributed by atoms with van der Waals surface area (Å²) in [7, 11) is 0. The van der Waals surface area contributed by atoms with Gasteiger partial charge in [0.2, 0.25) is 0 Å². The van der Waals surface area contributed by atoms with Crippen LogP contribution in [0.3, 0.4) is 0 Å². The minimum atomic E-state index is -1.67. The molecule has 0 spiro atoms. The van der Waals surface area contributed by atoms with Crippen LogP contribution in [0.25, 0.3) is 0 Å². The topological polar surface area (TPSA) is 171 Å². The fourth-order valence-electron chi connectivity index (χ4n) is 4.16. The molecule has 9 nitrogen and oxygen atoms in total. The molecule has 0 saturated carbocycles. The Morgan fingerprint density at radius 2 is 0.660 bits per heavy atom. The first-order chi connectivity index (χ1) is 22.7. The molecule has 0 rings (SSSR count). The number of unbranched alkanes of at least 4 members (excludes halogenated alkanes) is 18. The van der Waals surface area contributed by atoms with Crippen LogP contribution < -0.4 is 0 Å². The molecule has 0 aliphatic heterocycles. The number of hydrogen-bond acceptors (Lipinski definition) is 9. The highest BCUT2D eigenvalue weighted by Crippen LogP contribution is 2.12. The van der Waals surface area contributed by atoms with Crippen molar-refractivity contribution >= 4 is 0 Å². The third kappa shape index (κ3) is 57.7. The molecule has 0 aromatic rings. The molecule has 0 heterocycles. The maximum absolute atomic E-state index is 8.96. The van der Waals surface area contributed by atoms with Crippen molar-refractivity contribution in [1.29, 1.82) is 0 Å². The summed E-state index contributed by atoms with van der Waals surface area (Å²) in [5.41, 5.74) is 0. The first-order valence-corrected chi connectivity index (χ1v) is 18.6. The van der Waals surface area contributed by atoms with Crippen molar-refractivity contribution in [1.82, 2.24) is 0 Å². The number of aliphatic hydroxyl groups is 8. The van der Waals surface area contributed by atoms with Crippen LogP contribution in [-0.2, 0) is 4.74 Å². The molecule has 0 bridgehead atoms. The SMILES string of the molecule is C=CC.C=CC.CCCCCCCCCCCCOCCCCCCCCCCCC.OCCO.OC[C@@H](O)[C@@H](O)[C@H](O)[C@@H](O)CO. The van der Waals surface area contributed by atoms with Gasteiger partial charge in [0, 0.05) is 13.2 Å². The predicted octanol–water partition coefficient (Wildman–Crippen LogP) is 6.62. The van der Waals surface area contributed by atoms with Gasteiger partial charge in [-0.05, 0) is 26.7 Å². The molecular formula is C38H82O9. The van der Waals surface area contributed by atoms with Crippen molar-refractivity contribution in [3.8, 4) is 0 Å². The summed E-state index contributed by atoms with van der Waals surface area (Å²) in [6.45, 7) is 15.4. The first-order valence-electron chi connectivity index (χ1n) is 18.6. The Hall–Kier alpha value is -0.880. The lowest BCUT2D eigenvalue weighted by molar-refractivity contribution is -0.123. The van der Waals surface area contributed by atoms with Gasteiger partial charge < -0.3 is 45.6 Å². The highest BCUT2D eigenvalue weighted by atomic mass is 16.5. The maximum Gasteiger partial charge on any atom is 0.111 e. The zero-order valence-electron chi connectivity index (χ0n) is 31.2. The molecule has 0 aromatic carbocycles. The fraction of sp³-hybridized carbons (Fsp3) is 0.895. The smallest absolute Gasteiger partial charge is 0.111 e. The Morgan fingerprint density at radius 3 is 0.851 bits per heavy atom. The Morgan fingerprint density at radius 1 is 0.447 bits per heavy atom. The quantitative estimate of drug-likeness (QED) is 0.0334. The summed E-state index contributed by atoms with van der Waals surface area (Å²) in [6, 6.07) is 0. The van der Waals surface area contributed by atoms with Crippen molar-refractivity contribution in [2.45, 2.75) is 181 Å². The number of rotatable bonds is 28. The van der Waals surface area contributed by atoms with E-state index in [1.807, 2.05) is 13.8 Å². The summed E-state index contributed by atoms with van der Waals surface area (Å²) >= 11 is 0. The van der Waals surface area contributed by atoms with Crippen molar-refractivity contribution in [2.24, 2.45) is 0 Å². The standard InChI is InChI=1S/C24H50O.C6H14O6.2C3H6.C2H6O2/c1-3-5-7-9-11-13-15-17-19-21-23-25-24-22-20-18-16-14-12-10-8-6-4-2;7-1-3(9)5(11)6(12)4(10)2-8;2*1-3-2;3-1-2-4/h3-24H2,1-2H3;3-12H,1-2H2;2*3H,1H2,2H3;3-4H,1-2H2/t;3-,4+,5-,6-;;;/m.1.../s1. The van der Waals surface area contributed by atoms with E-state index in [0.29, 0.717) is 0 Å². The van der Waals surface area contributed by atoms with E-state index >= 15 is 0 Å². The minimum absolute atomic E-state index is 0.125. The van der Waals surface area contributed by atoms with Crippen molar-refractivity contribution in [2.75, 3.05) is 39.6 Å². The molecule has 0 saturated heterocycles. The molecule has 288 valence electrons. The van der Waals surface area contributed by atoms with Crippen LogP contribution in [0.1, 0.15) is 156 Å². The van der Waals surface area contributed by atoms with E-state index in [-0.39, 0.29) is 13.2 Å². The lowest BCUT2D eigenvalue weighted by atomic mass is 10.0. The van der Waals surface area contributed by atoms with Gasteiger partial charge in [0.15, 0.2) is 0 Å². The zero-order valence-corrected chi connectivity index (χ0v) is 31.2. The molecule has 0 radical (unpaired) electrons. The predicted molar refractivity (Wildman–Crippen MR) is 199 cm³/mol. The normalized spacial score (nSPS) is 12.7. The molecule has 0 aliphatic rings. The Balaban J connectivity index is -0.000000219. The van der Waals surface area contributed by atoms with Crippen LogP contribution in [0.15, 0.2) is 25.3 Å². The summed E-state index contributed by atoms with van der Waals surface area (Å²) in [5, 5.41) is 67.4.